The van der Waals surface area contributed by atoms with Crippen molar-refractivity contribution in [2.45, 2.75) is 25.2 Å². The van der Waals surface area contributed by atoms with Crippen molar-refractivity contribution in [2.24, 2.45) is 16.5 Å². The lowest BCUT2D eigenvalue weighted by Crippen LogP contribution is -2.23. The summed E-state index contributed by atoms with van der Waals surface area (Å²) in [5.74, 6) is -0.0148. The lowest BCUT2D eigenvalue weighted by atomic mass is 10.2. The first-order valence-electron chi connectivity index (χ1n) is 8.56. The molecule has 2 atom stereocenters. The maximum absolute atomic E-state index is 10.2. The Morgan fingerprint density at radius 1 is 1.43 bits per heavy atom. The number of rotatable bonds is 8. The van der Waals surface area contributed by atoms with Crippen molar-refractivity contribution in [3.63, 3.8) is 0 Å². The van der Waals surface area contributed by atoms with Crippen molar-refractivity contribution in [2.75, 3.05) is 25.0 Å². The highest BCUT2D eigenvalue weighted by Gasteiger charge is 2.37. The SMILES string of the molecule is NC(N)=NCCCCNc1nc(=S)c2ncn([C@@H]3OC(CO)=C(O)C3O)c2[nH]1. The lowest BCUT2D eigenvalue weighted by Gasteiger charge is -2.17. The summed E-state index contributed by atoms with van der Waals surface area (Å²) >= 11 is 5.28. The molecule has 0 saturated heterocycles. The van der Waals surface area contributed by atoms with Crippen LogP contribution >= 0.6 is 12.2 Å². The molecule has 3 rings (SSSR count). The van der Waals surface area contributed by atoms with E-state index in [0.717, 1.165) is 12.8 Å². The fourth-order valence-electron chi connectivity index (χ4n) is 2.76. The molecule has 13 heteroatoms. The van der Waals surface area contributed by atoms with Crippen LogP contribution in [0.2, 0.25) is 0 Å². The number of aliphatic hydroxyl groups is 3. The van der Waals surface area contributed by atoms with Gasteiger partial charge < -0.3 is 41.8 Å². The van der Waals surface area contributed by atoms with Gasteiger partial charge in [0.2, 0.25) is 12.2 Å². The molecular weight excluding hydrogens is 388 g/mol. The van der Waals surface area contributed by atoms with Crippen molar-refractivity contribution in [1.82, 2.24) is 19.5 Å². The molecule has 0 spiro atoms. The monoisotopic (exact) mass is 410 g/mol. The third-order valence-electron chi connectivity index (χ3n) is 4.13. The molecule has 28 heavy (non-hydrogen) atoms. The minimum atomic E-state index is -1.35. The molecule has 0 saturated carbocycles. The highest BCUT2D eigenvalue weighted by molar-refractivity contribution is 7.71. The molecule has 3 heterocycles. The van der Waals surface area contributed by atoms with Crippen LogP contribution in [0, 0.1) is 4.64 Å². The van der Waals surface area contributed by atoms with Crippen molar-refractivity contribution in [3.05, 3.63) is 22.5 Å². The molecule has 1 aliphatic rings. The van der Waals surface area contributed by atoms with Crippen molar-refractivity contribution in [1.29, 1.82) is 0 Å². The Kier molecular flexibility index (Phi) is 5.96. The number of anilines is 1. The molecule has 0 amide bonds. The molecule has 9 N–H and O–H groups in total. The Morgan fingerprint density at radius 2 is 2.21 bits per heavy atom. The summed E-state index contributed by atoms with van der Waals surface area (Å²) in [7, 11) is 0. The number of imidazole rings is 1. The van der Waals surface area contributed by atoms with Crippen molar-refractivity contribution in [3.8, 4) is 0 Å². The van der Waals surface area contributed by atoms with Crippen LogP contribution in [0.15, 0.2) is 22.8 Å². The largest absolute Gasteiger partial charge is 0.506 e. The van der Waals surface area contributed by atoms with Crippen LogP contribution in [-0.4, -0.2) is 66.6 Å². The third-order valence-corrected chi connectivity index (χ3v) is 4.42. The first kappa shape index (κ1) is 19.9. The Morgan fingerprint density at radius 3 is 2.89 bits per heavy atom. The second-order valence-corrected chi connectivity index (χ2v) is 6.49. The summed E-state index contributed by atoms with van der Waals surface area (Å²) < 4.78 is 7.19. The van der Waals surface area contributed by atoms with Crippen molar-refractivity contribution < 1.29 is 20.1 Å². The van der Waals surface area contributed by atoms with E-state index in [0.29, 0.717) is 30.2 Å². The number of aliphatic imine (C=N–C) groups is 1. The van der Waals surface area contributed by atoms with E-state index in [1.54, 1.807) is 0 Å². The molecule has 1 aliphatic heterocycles. The Balaban J connectivity index is 1.75. The number of nitrogens with zero attached hydrogens (tertiary/aromatic N) is 4. The molecule has 0 fully saturated rings. The van der Waals surface area contributed by atoms with E-state index in [9.17, 15) is 15.3 Å². The number of hydrogen-bond donors (Lipinski definition) is 7. The van der Waals surface area contributed by atoms with Gasteiger partial charge in [0.05, 0.1) is 0 Å². The summed E-state index contributed by atoms with van der Waals surface area (Å²) in [5.41, 5.74) is 11.4. The van der Waals surface area contributed by atoms with Crippen LogP contribution in [0.4, 0.5) is 5.95 Å². The van der Waals surface area contributed by atoms with E-state index in [4.69, 9.17) is 28.4 Å². The Bertz CT molecular complexity index is 965. The molecular formula is C15H22N8O4S. The summed E-state index contributed by atoms with van der Waals surface area (Å²) in [4.78, 5) is 15.4. The zero-order valence-electron chi connectivity index (χ0n) is 14.9. The van der Waals surface area contributed by atoms with E-state index in [-0.39, 0.29) is 16.4 Å². The predicted molar refractivity (Wildman–Crippen MR) is 104 cm³/mol. The number of hydrogen-bond acceptors (Lipinski definition) is 9. The minimum absolute atomic E-state index is 0.0682. The zero-order valence-corrected chi connectivity index (χ0v) is 15.7. The van der Waals surface area contributed by atoms with E-state index in [1.165, 1.54) is 10.9 Å². The number of nitrogens with one attached hydrogen (secondary N) is 2. The molecule has 0 aliphatic carbocycles. The van der Waals surface area contributed by atoms with Crippen LogP contribution in [0.5, 0.6) is 0 Å². The van der Waals surface area contributed by atoms with Gasteiger partial charge in [-0.05, 0) is 12.8 Å². The molecule has 152 valence electrons. The minimum Gasteiger partial charge on any atom is -0.506 e. The molecule has 0 aromatic carbocycles. The number of nitrogens with two attached hydrogens (primary N) is 2. The first-order valence-corrected chi connectivity index (χ1v) is 8.97. The van der Waals surface area contributed by atoms with Crippen LogP contribution in [0.25, 0.3) is 11.2 Å². The number of fused-ring (bicyclic) bond motifs is 1. The van der Waals surface area contributed by atoms with Crippen molar-refractivity contribution >= 4 is 35.3 Å². The third kappa shape index (κ3) is 4.00. The van der Waals surface area contributed by atoms with E-state index in [2.05, 4.69) is 25.3 Å². The molecule has 2 aromatic heterocycles. The molecule has 0 bridgehead atoms. The van der Waals surface area contributed by atoms with Gasteiger partial charge in [0.15, 0.2) is 28.2 Å². The molecule has 1 unspecified atom stereocenters. The average molecular weight is 410 g/mol. The van der Waals surface area contributed by atoms with E-state index >= 15 is 0 Å². The number of aromatic amines is 1. The Hall–Kier alpha value is -2.90. The topological polar surface area (TPSA) is 193 Å². The van der Waals surface area contributed by atoms with Gasteiger partial charge in [0, 0.05) is 13.1 Å². The average Bonchev–Trinajstić information content (AvgIpc) is 3.20. The number of ether oxygens (including phenoxy) is 1. The highest BCUT2D eigenvalue weighted by Crippen LogP contribution is 2.33. The molecule has 0 radical (unpaired) electrons. The number of H-pyrrole nitrogens is 1. The molecule has 2 aromatic rings. The van der Waals surface area contributed by atoms with Gasteiger partial charge in [-0.15, -0.1) is 0 Å². The van der Waals surface area contributed by atoms with Gasteiger partial charge in [-0.25, -0.2) is 9.97 Å². The smallest absolute Gasteiger partial charge is 0.211 e. The second-order valence-electron chi connectivity index (χ2n) is 6.10. The normalized spacial score (nSPS) is 19.1. The Labute approximate surface area is 164 Å². The van der Waals surface area contributed by atoms with Crippen LogP contribution < -0.4 is 16.8 Å². The van der Waals surface area contributed by atoms with Gasteiger partial charge in [0.1, 0.15) is 24.1 Å². The maximum Gasteiger partial charge on any atom is 0.211 e. The fraction of sp³-hybridized carbons (Fsp3) is 0.467. The van der Waals surface area contributed by atoms with Gasteiger partial charge in [0.25, 0.3) is 0 Å². The molecule has 12 nitrogen and oxygen atoms in total. The summed E-state index contributed by atoms with van der Waals surface area (Å²) in [5, 5.41) is 32.4. The summed E-state index contributed by atoms with van der Waals surface area (Å²) in [6.07, 6.45) is 0.676. The van der Waals surface area contributed by atoms with E-state index < -0.39 is 24.7 Å². The quantitative estimate of drug-likeness (QED) is 0.130. The first-order chi connectivity index (χ1) is 13.4. The predicted octanol–water partition coefficient (Wildman–Crippen LogP) is -0.394. The standard InChI is InChI=1S/C15H22N8O4S/c16-14(17)18-3-1-2-4-19-15-21-11-8(12(28)22-15)20-6-23(11)13-10(26)9(25)7(5-24)27-13/h6,10,13,24-26H,1-5H2,(H4,16,17,18)(H2,19,21,22,28)/t10?,13-/m1/s1. The fourth-order valence-corrected chi connectivity index (χ4v) is 3.00. The highest BCUT2D eigenvalue weighted by atomic mass is 32.1. The van der Waals surface area contributed by atoms with Crippen LogP contribution in [0.3, 0.4) is 0 Å². The summed E-state index contributed by atoms with van der Waals surface area (Å²) in [6.45, 7) is 0.619. The summed E-state index contributed by atoms with van der Waals surface area (Å²) in [6, 6.07) is 0. The van der Waals surface area contributed by atoms with Gasteiger partial charge >= 0.3 is 0 Å². The van der Waals surface area contributed by atoms with Gasteiger partial charge in [-0.3, -0.25) is 9.56 Å². The maximum atomic E-state index is 10.2. The zero-order chi connectivity index (χ0) is 20.3. The van der Waals surface area contributed by atoms with Crippen LogP contribution in [0.1, 0.15) is 19.1 Å². The second kappa shape index (κ2) is 8.41. The lowest BCUT2D eigenvalue weighted by molar-refractivity contribution is -0.0119. The van der Waals surface area contributed by atoms with Gasteiger partial charge in [-0.1, -0.05) is 12.2 Å². The number of aromatic nitrogens is 4. The number of guanidine groups is 1. The number of unbranched alkanes of at least 4 members (excludes halogenated alkanes) is 1. The van der Waals surface area contributed by atoms with Gasteiger partial charge in [-0.2, -0.15) is 0 Å². The van der Waals surface area contributed by atoms with Crippen LogP contribution in [-0.2, 0) is 4.74 Å². The van der Waals surface area contributed by atoms with E-state index in [1.807, 2.05) is 0 Å². The number of aliphatic hydroxyl groups excluding tert-OH is 3.